The lowest BCUT2D eigenvalue weighted by Crippen LogP contribution is -2.42. The Morgan fingerprint density at radius 1 is 1.38 bits per heavy atom. The topological polar surface area (TPSA) is 131 Å². The van der Waals surface area contributed by atoms with E-state index in [-0.39, 0.29) is 11.4 Å². The van der Waals surface area contributed by atoms with Crippen LogP contribution in [0.3, 0.4) is 0 Å². The average molecular weight is 310 g/mol. The van der Waals surface area contributed by atoms with E-state index in [1.807, 2.05) is 0 Å². The lowest BCUT2D eigenvalue weighted by atomic mass is 9.93. The second-order valence-corrected chi connectivity index (χ2v) is 7.27. The van der Waals surface area contributed by atoms with Crippen molar-refractivity contribution in [1.29, 1.82) is 0 Å². The van der Waals surface area contributed by atoms with Gasteiger partial charge in [0.25, 0.3) is 0 Å². The maximum Gasteiger partial charge on any atom is 0.242 e. The molecular weight excluding hydrogens is 292 g/mol. The van der Waals surface area contributed by atoms with Gasteiger partial charge < -0.3 is 16.5 Å². The Morgan fingerprint density at radius 2 is 2.05 bits per heavy atom. The molecule has 1 aromatic carbocycles. The third kappa shape index (κ3) is 3.01. The van der Waals surface area contributed by atoms with Crippen molar-refractivity contribution < 1.29 is 13.2 Å². The number of carbonyl (C=O) groups excluding carboxylic acids is 1. The predicted octanol–water partition coefficient (Wildman–Crippen LogP) is 0.540. The van der Waals surface area contributed by atoms with Crippen molar-refractivity contribution in [3.05, 3.63) is 24.4 Å². The largest absolute Gasteiger partial charge is 0.399 e. The van der Waals surface area contributed by atoms with E-state index >= 15 is 0 Å². The van der Waals surface area contributed by atoms with Crippen LogP contribution >= 0.6 is 0 Å². The number of hydrogen-bond donors (Lipinski definition) is 4. The fraction of sp³-hybridized carbons (Fsp3) is 0.308. The molecule has 2 aromatic rings. The molecule has 0 aliphatic rings. The highest BCUT2D eigenvalue weighted by atomic mass is 32.2. The fourth-order valence-corrected chi connectivity index (χ4v) is 3.15. The van der Waals surface area contributed by atoms with Gasteiger partial charge in [0.1, 0.15) is 4.90 Å². The first kappa shape index (κ1) is 15.3. The summed E-state index contributed by atoms with van der Waals surface area (Å²) in [6, 6.07) is 4.97. The zero-order valence-corrected chi connectivity index (χ0v) is 12.6. The molecule has 1 aromatic heterocycles. The van der Waals surface area contributed by atoms with Crippen LogP contribution < -0.4 is 16.2 Å². The van der Waals surface area contributed by atoms with Gasteiger partial charge in [0.2, 0.25) is 15.9 Å². The molecule has 0 aliphatic heterocycles. The number of aromatic amines is 1. The lowest BCUT2D eigenvalue weighted by Gasteiger charge is -2.20. The van der Waals surface area contributed by atoms with Crippen LogP contribution in [0.1, 0.15) is 13.8 Å². The Hall–Kier alpha value is -2.06. The van der Waals surface area contributed by atoms with Crippen molar-refractivity contribution in [3.8, 4) is 0 Å². The van der Waals surface area contributed by atoms with Crippen LogP contribution in [0.4, 0.5) is 5.69 Å². The summed E-state index contributed by atoms with van der Waals surface area (Å²) in [5.41, 5.74) is 11.1. The molecule has 0 radical (unpaired) electrons. The molecule has 8 heteroatoms. The minimum atomic E-state index is -3.77. The maximum atomic E-state index is 12.4. The van der Waals surface area contributed by atoms with Crippen LogP contribution in [-0.2, 0) is 14.8 Å². The van der Waals surface area contributed by atoms with Crippen LogP contribution in [-0.4, -0.2) is 25.9 Å². The van der Waals surface area contributed by atoms with E-state index < -0.39 is 21.3 Å². The van der Waals surface area contributed by atoms with Gasteiger partial charge in [-0.05, 0) is 32.0 Å². The first-order valence-corrected chi connectivity index (χ1v) is 7.78. The summed E-state index contributed by atoms with van der Waals surface area (Å²) in [5.74, 6) is -0.576. The fourth-order valence-electron chi connectivity index (χ4n) is 1.78. The predicted molar refractivity (Wildman–Crippen MR) is 80.9 cm³/mol. The van der Waals surface area contributed by atoms with Crippen molar-refractivity contribution in [2.75, 3.05) is 12.3 Å². The molecular formula is C13H18N4O3S. The van der Waals surface area contributed by atoms with E-state index in [1.54, 1.807) is 32.0 Å². The highest BCUT2D eigenvalue weighted by Crippen LogP contribution is 2.25. The second kappa shape index (κ2) is 5.05. The molecule has 0 fully saturated rings. The van der Waals surface area contributed by atoms with Gasteiger partial charge in [-0.15, -0.1) is 0 Å². The molecule has 0 atom stereocenters. The Balaban J connectivity index is 2.34. The third-order valence-corrected chi connectivity index (χ3v) is 4.77. The molecule has 7 nitrogen and oxygen atoms in total. The molecule has 0 spiro atoms. The Labute approximate surface area is 122 Å². The van der Waals surface area contributed by atoms with E-state index in [4.69, 9.17) is 11.5 Å². The smallest absolute Gasteiger partial charge is 0.242 e. The SMILES string of the molecule is CC(C)(CNS(=O)(=O)c1c[nH]c2ccc(N)cc12)C(N)=O. The van der Waals surface area contributed by atoms with Gasteiger partial charge in [-0.2, -0.15) is 0 Å². The Morgan fingerprint density at radius 3 is 2.67 bits per heavy atom. The first-order chi connectivity index (χ1) is 9.63. The molecule has 2 rings (SSSR count). The number of anilines is 1. The van der Waals surface area contributed by atoms with Crippen molar-refractivity contribution in [1.82, 2.24) is 9.71 Å². The minimum absolute atomic E-state index is 0.0837. The molecule has 0 saturated carbocycles. The number of H-pyrrole nitrogens is 1. The molecule has 1 amide bonds. The van der Waals surface area contributed by atoms with Gasteiger partial charge in [-0.3, -0.25) is 4.79 Å². The molecule has 0 bridgehead atoms. The number of hydrogen-bond acceptors (Lipinski definition) is 4. The second-order valence-electron chi connectivity index (χ2n) is 5.53. The summed E-state index contributed by atoms with van der Waals surface area (Å²) in [6.45, 7) is 3.07. The van der Waals surface area contributed by atoms with Gasteiger partial charge in [0.05, 0.1) is 5.41 Å². The van der Waals surface area contributed by atoms with Crippen LogP contribution in [0, 0.1) is 5.41 Å². The van der Waals surface area contributed by atoms with Gasteiger partial charge in [0, 0.05) is 29.3 Å². The van der Waals surface area contributed by atoms with E-state index in [2.05, 4.69) is 9.71 Å². The molecule has 0 unspecified atom stereocenters. The molecule has 6 N–H and O–H groups in total. The minimum Gasteiger partial charge on any atom is -0.399 e. The van der Waals surface area contributed by atoms with Crippen LogP contribution in [0.5, 0.6) is 0 Å². The Bertz CT molecular complexity index is 793. The number of carbonyl (C=O) groups is 1. The monoisotopic (exact) mass is 310 g/mol. The number of rotatable bonds is 5. The third-order valence-electron chi connectivity index (χ3n) is 3.33. The summed E-state index contributed by atoms with van der Waals surface area (Å²) >= 11 is 0. The van der Waals surface area contributed by atoms with E-state index in [0.29, 0.717) is 16.6 Å². The normalized spacial score (nSPS) is 12.7. The van der Waals surface area contributed by atoms with Crippen molar-refractivity contribution in [2.24, 2.45) is 11.1 Å². The summed E-state index contributed by atoms with van der Waals surface area (Å²) in [7, 11) is -3.77. The van der Waals surface area contributed by atoms with Gasteiger partial charge >= 0.3 is 0 Å². The van der Waals surface area contributed by atoms with Crippen LogP contribution in [0.2, 0.25) is 0 Å². The molecule has 1 heterocycles. The van der Waals surface area contributed by atoms with Gasteiger partial charge in [0.15, 0.2) is 0 Å². The summed E-state index contributed by atoms with van der Waals surface area (Å²) in [4.78, 5) is 14.2. The summed E-state index contributed by atoms with van der Waals surface area (Å²) < 4.78 is 27.1. The van der Waals surface area contributed by atoms with Crippen molar-refractivity contribution in [2.45, 2.75) is 18.7 Å². The number of amides is 1. The number of nitrogens with one attached hydrogen (secondary N) is 2. The molecule has 0 saturated heterocycles. The van der Waals surface area contributed by atoms with Crippen molar-refractivity contribution >= 4 is 32.5 Å². The lowest BCUT2D eigenvalue weighted by molar-refractivity contribution is -0.125. The highest BCUT2D eigenvalue weighted by Gasteiger charge is 2.28. The standard InChI is InChI=1S/C13H18N4O3S/c1-13(2,12(15)18)7-17-21(19,20)11-6-16-10-4-3-8(14)5-9(10)11/h3-6,16-17H,7,14H2,1-2H3,(H2,15,18). The van der Waals surface area contributed by atoms with E-state index in [9.17, 15) is 13.2 Å². The molecule has 114 valence electrons. The van der Waals surface area contributed by atoms with Gasteiger partial charge in [-0.1, -0.05) is 0 Å². The number of sulfonamides is 1. The number of nitrogens with two attached hydrogens (primary N) is 2. The summed E-state index contributed by atoms with van der Waals surface area (Å²) in [5, 5.41) is 0.499. The number of fused-ring (bicyclic) bond motifs is 1. The van der Waals surface area contributed by atoms with Crippen LogP contribution in [0.15, 0.2) is 29.3 Å². The average Bonchev–Trinajstić information content (AvgIpc) is 2.80. The Kier molecular flexibility index (Phi) is 3.68. The molecule has 21 heavy (non-hydrogen) atoms. The van der Waals surface area contributed by atoms with Gasteiger partial charge in [-0.25, -0.2) is 13.1 Å². The number of primary amides is 1. The quantitative estimate of drug-likeness (QED) is 0.600. The number of nitrogen functional groups attached to an aromatic ring is 1. The summed E-state index contributed by atoms with van der Waals surface area (Å²) in [6.07, 6.45) is 1.39. The molecule has 0 aliphatic carbocycles. The zero-order chi connectivity index (χ0) is 15.8. The zero-order valence-electron chi connectivity index (χ0n) is 11.8. The number of benzene rings is 1. The number of aromatic nitrogens is 1. The van der Waals surface area contributed by atoms with E-state index in [0.717, 1.165) is 0 Å². The first-order valence-electron chi connectivity index (χ1n) is 6.30. The van der Waals surface area contributed by atoms with Crippen LogP contribution in [0.25, 0.3) is 10.9 Å². The highest BCUT2D eigenvalue weighted by molar-refractivity contribution is 7.89. The van der Waals surface area contributed by atoms with E-state index in [1.165, 1.54) is 6.20 Å². The van der Waals surface area contributed by atoms with Crippen molar-refractivity contribution in [3.63, 3.8) is 0 Å². The maximum absolute atomic E-state index is 12.4.